The number of rotatable bonds is 5. The van der Waals surface area contributed by atoms with Crippen LogP contribution in [0.4, 0.5) is 4.79 Å². The number of nitrogens with zero attached hydrogens (tertiary/aromatic N) is 2. The Morgan fingerprint density at radius 2 is 1.82 bits per heavy atom. The van der Waals surface area contributed by atoms with Gasteiger partial charge in [-0.1, -0.05) is 30.3 Å². The molecule has 28 heavy (non-hydrogen) atoms. The van der Waals surface area contributed by atoms with E-state index in [4.69, 9.17) is 0 Å². The molecule has 1 saturated heterocycles. The summed E-state index contributed by atoms with van der Waals surface area (Å²) < 4.78 is 0. The molecule has 8 heteroatoms. The van der Waals surface area contributed by atoms with Crippen LogP contribution in [0, 0.1) is 0 Å². The summed E-state index contributed by atoms with van der Waals surface area (Å²) in [5.74, 6) is -0.309. The number of benzene rings is 1. The normalized spacial score (nSPS) is 14.9. The summed E-state index contributed by atoms with van der Waals surface area (Å²) in [6.07, 6.45) is 0.795. The maximum atomic E-state index is 12.5. The SMILES string of the molecule is O=C(CN1CCCN(C(=O)c2ccsc2)CC1)NC(=O)NCc1ccccc1. The molecule has 1 aromatic heterocycles. The summed E-state index contributed by atoms with van der Waals surface area (Å²) in [5.41, 5.74) is 1.68. The molecule has 2 heterocycles. The molecule has 0 atom stereocenters. The minimum Gasteiger partial charge on any atom is -0.337 e. The summed E-state index contributed by atoms with van der Waals surface area (Å²) in [4.78, 5) is 40.3. The lowest BCUT2D eigenvalue weighted by Crippen LogP contribution is -2.45. The van der Waals surface area contributed by atoms with E-state index in [2.05, 4.69) is 10.6 Å². The number of carbonyl (C=O) groups excluding carboxylic acids is 3. The van der Waals surface area contributed by atoms with Gasteiger partial charge in [-0.15, -0.1) is 0 Å². The lowest BCUT2D eigenvalue weighted by Gasteiger charge is -2.21. The standard InChI is InChI=1S/C20H24N4O3S/c25-18(22-20(27)21-13-16-5-2-1-3-6-16)14-23-8-4-9-24(11-10-23)19(26)17-7-12-28-15-17/h1-3,5-7,12,15H,4,8-11,13-14H2,(H2,21,22,25,27). The van der Waals surface area contributed by atoms with Gasteiger partial charge in [0.15, 0.2) is 0 Å². The highest BCUT2D eigenvalue weighted by atomic mass is 32.1. The molecule has 3 rings (SSSR count). The zero-order valence-electron chi connectivity index (χ0n) is 15.6. The second-order valence-corrected chi connectivity index (χ2v) is 7.43. The van der Waals surface area contributed by atoms with Crippen LogP contribution in [0.25, 0.3) is 0 Å². The molecule has 7 nitrogen and oxygen atoms in total. The number of hydrogen-bond donors (Lipinski definition) is 2. The minimum absolute atomic E-state index is 0.0350. The highest BCUT2D eigenvalue weighted by Gasteiger charge is 2.22. The molecule has 0 saturated carbocycles. The summed E-state index contributed by atoms with van der Waals surface area (Å²) in [6.45, 7) is 3.07. The van der Waals surface area contributed by atoms with Gasteiger partial charge in [0.2, 0.25) is 5.91 Å². The number of imide groups is 1. The lowest BCUT2D eigenvalue weighted by molar-refractivity contribution is -0.121. The van der Waals surface area contributed by atoms with Gasteiger partial charge >= 0.3 is 6.03 Å². The minimum atomic E-state index is -0.502. The van der Waals surface area contributed by atoms with Crippen molar-refractivity contribution in [2.24, 2.45) is 0 Å². The molecule has 148 valence electrons. The number of amides is 4. The predicted molar refractivity (Wildman–Crippen MR) is 108 cm³/mol. The Bertz CT molecular complexity index is 795. The summed E-state index contributed by atoms with van der Waals surface area (Å²) in [7, 11) is 0. The molecule has 0 spiro atoms. The monoisotopic (exact) mass is 400 g/mol. The van der Waals surface area contributed by atoms with Crippen molar-refractivity contribution in [2.75, 3.05) is 32.7 Å². The largest absolute Gasteiger partial charge is 0.337 e. The van der Waals surface area contributed by atoms with Gasteiger partial charge in [-0.3, -0.25) is 19.8 Å². The van der Waals surface area contributed by atoms with E-state index in [-0.39, 0.29) is 18.4 Å². The highest BCUT2D eigenvalue weighted by molar-refractivity contribution is 7.08. The quantitative estimate of drug-likeness (QED) is 0.804. The first kappa shape index (κ1) is 20.0. The van der Waals surface area contributed by atoms with Gasteiger partial charge in [-0.05, 0) is 23.4 Å². The third-order valence-corrected chi connectivity index (χ3v) is 5.24. The fourth-order valence-corrected chi connectivity index (χ4v) is 3.72. The van der Waals surface area contributed by atoms with Crippen LogP contribution in [0.15, 0.2) is 47.2 Å². The molecular weight excluding hydrogens is 376 g/mol. The van der Waals surface area contributed by atoms with Crippen molar-refractivity contribution in [3.05, 3.63) is 58.3 Å². The van der Waals surface area contributed by atoms with E-state index < -0.39 is 6.03 Å². The van der Waals surface area contributed by atoms with Crippen LogP contribution in [0.2, 0.25) is 0 Å². The van der Waals surface area contributed by atoms with Gasteiger partial charge in [-0.25, -0.2) is 4.79 Å². The average molecular weight is 401 g/mol. The maximum absolute atomic E-state index is 12.5. The van der Waals surface area contributed by atoms with Gasteiger partial charge in [-0.2, -0.15) is 11.3 Å². The number of urea groups is 1. The topological polar surface area (TPSA) is 81.8 Å². The fourth-order valence-electron chi connectivity index (χ4n) is 3.09. The van der Waals surface area contributed by atoms with Gasteiger partial charge in [0.05, 0.1) is 12.1 Å². The number of thiophene rings is 1. The van der Waals surface area contributed by atoms with Crippen LogP contribution < -0.4 is 10.6 Å². The van der Waals surface area contributed by atoms with E-state index in [9.17, 15) is 14.4 Å². The van der Waals surface area contributed by atoms with Crippen LogP contribution in [-0.4, -0.2) is 60.4 Å². The molecule has 4 amide bonds. The number of hydrogen-bond acceptors (Lipinski definition) is 5. The van der Waals surface area contributed by atoms with E-state index in [0.717, 1.165) is 12.0 Å². The zero-order chi connectivity index (χ0) is 19.8. The van der Waals surface area contributed by atoms with Crippen LogP contribution in [-0.2, 0) is 11.3 Å². The molecule has 1 aliphatic heterocycles. The van der Waals surface area contributed by atoms with Gasteiger partial charge in [0.25, 0.3) is 5.91 Å². The summed E-state index contributed by atoms with van der Waals surface area (Å²) >= 11 is 1.51. The van der Waals surface area contributed by atoms with Gasteiger partial charge in [0.1, 0.15) is 0 Å². The van der Waals surface area contributed by atoms with Crippen molar-refractivity contribution in [3.63, 3.8) is 0 Å². The zero-order valence-corrected chi connectivity index (χ0v) is 16.4. The number of nitrogens with one attached hydrogen (secondary N) is 2. The van der Waals surface area contributed by atoms with E-state index in [1.54, 1.807) is 0 Å². The average Bonchev–Trinajstić information content (AvgIpc) is 3.14. The van der Waals surface area contributed by atoms with Crippen molar-refractivity contribution in [1.82, 2.24) is 20.4 Å². The molecule has 1 fully saturated rings. The Kier molecular flexibility index (Phi) is 7.16. The molecule has 1 aromatic carbocycles. The molecule has 2 aromatic rings. The Morgan fingerprint density at radius 3 is 2.57 bits per heavy atom. The highest BCUT2D eigenvalue weighted by Crippen LogP contribution is 2.12. The number of carbonyl (C=O) groups is 3. The first-order valence-corrected chi connectivity index (χ1v) is 10.2. The third kappa shape index (κ3) is 5.90. The van der Waals surface area contributed by atoms with Gasteiger partial charge in [0, 0.05) is 38.1 Å². The molecule has 2 N–H and O–H groups in total. The fraction of sp³-hybridized carbons (Fsp3) is 0.350. The van der Waals surface area contributed by atoms with E-state index in [1.807, 2.05) is 57.0 Å². The molecule has 0 radical (unpaired) electrons. The predicted octanol–water partition coefficient (Wildman–Crippen LogP) is 1.92. The van der Waals surface area contributed by atoms with Crippen LogP contribution in [0.5, 0.6) is 0 Å². The lowest BCUT2D eigenvalue weighted by atomic mass is 10.2. The van der Waals surface area contributed by atoms with E-state index in [1.165, 1.54) is 11.3 Å². The van der Waals surface area contributed by atoms with Crippen molar-refractivity contribution in [1.29, 1.82) is 0 Å². The Morgan fingerprint density at radius 1 is 1.00 bits per heavy atom. The second kappa shape index (κ2) is 10.0. The van der Waals surface area contributed by atoms with Crippen molar-refractivity contribution in [2.45, 2.75) is 13.0 Å². The molecule has 0 aliphatic carbocycles. The molecule has 1 aliphatic rings. The molecule has 0 bridgehead atoms. The third-order valence-electron chi connectivity index (χ3n) is 4.56. The first-order chi connectivity index (χ1) is 13.6. The first-order valence-electron chi connectivity index (χ1n) is 9.27. The summed E-state index contributed by atoms with van der Waals surface area (Å²) in [6, 6.07) is 10.8. The second-order valence-electron chi connectivity index (χ2n) is 6.65. The molecule has 0 unspecified atom stereocenters. The van der Waals surface area contributed by atoms with Crippen LogP contribution >= 0.6 is 11.3 Å². The van der Waals surface area contributed by atoms with Crippen molar-refractivity contribution >= 4 is 29.2 Å². The summed E-state index contributed by atoms with van der Waals surface area (Å²) in [5, 5.41) is 8.79. The van der Waals surface area contributed by atoms with Crippen molar-refractivity contribution < 1.29 is 14.4 Å². The Hall–Kier alpha value is -2.71. The smallest absolute Gasteiger partial charge is 0.321 e. The van der Waals surface area contributed by atoms with E-state index in [0.29, 0.717) is 38.3 Å². The van der Waals surface area contributed by atoms with Crippen LogP contribution in [0.1, 0.15) is 22.3 Å². The Balaban J connectivity index is 1.40. The Labute approximate surface area is 168 Å². The maximum Gasteiger partial charge on any atom is 0.321 e. The molecular formula is C20H24N4O3S. The van der Waals surface area contributed by atoms with E-state index >= 15 is 0 Å². The van der Waals surface area contributed by atoms with Crippen LogP contribution in [0.3, 0.4) is 0 Å². The van der Waals surface area contributed by atoms with Crippen molar-refractivity contribution in [3.8, 4) is 0 Å². The van der Waals surface area contributed by atoms with Gasteiger partial charge < -0.3 is 10.2 Å².